The van der Waals surface area contributed by atoms with Gasteiger partial charge in [0.2, 0.25) is 5.91 Å². The summed E-state index contributed by atoms with van der Waals surface area (Å²) in [5.74, 6) is 5.00. The molecule has 1 aromatic rings. The van der Waals surface area contributed by atoms with Gasteiger partial charge in [-0.2, -0.15) is 0 Å². The normalized spacial score (nSPS) is 9.06. The molecule has 0 aliphatic carbocycles. The third-order valence-corrected chi connectivity index (χ3v) is 1.99. The second kappa shape index (κ2) is 6.44. The lowest BCUT2D eigenvalue weighted by atomic mass is 10.1. The third kappa shape index (κ3) is 4.47. The van der Waals surface area contributed by atoms with E-state index in [1.54, 1.807) is 0 Å². The summed E-state index contributed by atoms with van der Waals surface area (Å²) < 4.78 is 12.8. The molecule has 1 aromatic carbocycles. The number of hydrogen-bond acceptors (Lipinski definition) is 2. The molecule has 0 fully saturated rings. The van der Waals surface area contributed by atoms with Crippen molar-refractivity contribution in [1.29, 1.82) is 0 Å². The monoisotopic (exact) mass is 233 g/mol. The van der Waals surface area contributed by atoms with Gasteiger partial charge in [-0.25, -0.2) is 4.39 Å². The summed E-state index contributed by atoms with van der Waals surface area (Å²) in [4.78, 5) is 21.2. The van der Waals surface area contributed by atoms with E-state index >= 15 is 0 Å². The standard InChI is InChI=1S/C13H12FNO2/c1-10(17)15-7-3-2-4-11-5-6-13(14)8-12(11)9-16/h5-6,8-9H,3,7H2,1H3,(H,15,17). The summed E-state index contributed by atoms with van der Waals surface area (Å²) in [6.45, 7) is 1.89. The zero-order valence-electron chi connectivity index (χ0n) is 9.42. The lowest BCUT2D eigenvalue weighted by molar-refractivity contribution is -0.118. The average Bonchev–Trinajstić information content (AvgIpc) is 2.29. The molecule has 3 nitrogen and oxygen atoms in total. The minimum absolute atomic E-state index is 0.109. The van der Waals surface area contributed by atoms with Crippen LogP contribution in [0.5, 0.6) is 0 Å². The van der Waals surface area contributed by atoms with E-state index < -0.39 is 5.82 Å². The van der Waals surface area contributed by atoms with Gasteiger partial charge in [0, 0.05) is 31.0 Å². The Morgan fingerprint density at radius 3 is 2.94 bits per heavy atom. The molecule has 0 bridgehead atoms. The van der Waals surface area contributed by atoms with Crippen molar-refractivity contribution >= 4 is 12.2 Å². The first-order valence-corrected chi connectivity index (χ1v) is 5.11. The van der Waals surface area contributed by atoms with Gasteiger partial charge in [-0.3, -0.25) is 9.59 Å². The van der Waals surface area contributed by atoms with Crippen LogP contribution in [0.3, 0.4) is 0 Å². The van der Waals surface area contributed by atoms with Crippen LogP contribution in [-0.4, -0.2) is 18.7 Å². The largest absolute Gasteiger partial charge is 0.355 e. The summed E-state index contributed by atoms with van der Waals surface area (Å²) in [5, 5.41) is 2.60. The van der Waals surface area contributed by atoms with Crippen LogP contribution in [0.2, 0.25) is 0 Å². The first-order valence-electron chi connectivity index (χ1n) is 5.11. The maximum absolute atomic E-state index is 12.8. The minimum atomic E-state index is -0.462. The Morgan fingerprint density at radius 2 is 2.29 bits per heavy atom. The highest BCUT2D eigenvalue weighted by atomic mass is 19.1. The molecule has 1 rings (SSSR count). The number of benzene rings is 1. The van der Waals surface area contributed by atoms with Crippen LogP contribution in [0.15, 0.2) is 18.2 Å². The number of hydrogen-bond donors (Lipinski definition) is 1. The highest BCUT2D eigenvalue weighted by Gasteiger charge is 1.99. The number of halogens is 1. The molecular weight excluding hydrogens is 221 g/mol. The first kappa shape index (κ1) is 12.9. The molecule has 1 amide bonds. The molecule has 0 spiro atoms. The zero-order valence-corrected chi connectivity index (χ0v) is 9.42. The maximum atomic E-state index is 12.8. The molecule has 0 unspecified atom stereocenters. The number of rotatable bonds is 3. The molecule has 0 radical (unpaired) electrons. The van der Waals surface area contributed by atoms with E-state index in [-0.39, 0.29) is 11.5 Å². The van der Waals surface area contributed by atoms with E-state index in [1.165, 1.54) is 19.1 Å². The van der Waals surface area contributed by atoms with Gasteiger partial charge in [0.15, 0.2) is 6.29 Å². The second-order valence-corrected chi connectivity index (χ2v) is 3.38. The van der Waals surface area contributed by atoms with Crippen LogP contribution < -0.4 is 5.32 Å². The van der Waals surface area contributed by atoms with Crippen LogP contribution in [0.4, 0.5) is 4.39 Å². The Kier molecular flexibility index (Phi) is 4.89. The molecular formula is C13H12FNO2. The Hall–Kier alpha value is -2.15. The van der Waals surface area contributed by atoms with Crippen molar-refractivity contribution in [3.63, 3.8) is 0 Å². The topological polar surface area (TPSA) is 46.2 Å². The minimum Gasteiger partial charge on any atom is -0.355 e. The highest BCUT2D eigenvalue weighted by molar-refractivity contribution is 5.79. The van der Waals surface area contributed by atoms with Crippen LogP contribution in [-0.2, 0) is 4.79 Å². The fourth-order valence-corrected chi connectivity index (χ4v) is 1.20. The number of nitrogens with one attached hydrogen (secondary N) is 1. The summed E-state index contributed by atoms with van der Waals surface area (Å²) in [7, 11) is 0. The van der Waals surface area contributed by atoms with Crippen molar-refractivity contribution in [3.05, 3.63) is 35.1 Å². The van der Waals surface area contributed by atoms with Crippen LogP contribution in [0.25, 0.3) is 0 Å². The predicted octanol–water partition coefficient (Wildman–Crippen LogP) is 1.52. The van der Waals surface area contributed by atoms with Gasteiger partial charge < -0.3 is 5.32 Å². The van der Waals surface area contributed by atoms with Gasteiger partial charge in [-0.05, 0) is 18.2 Å². The summed E-state index contributed by atoms with van der Waals surface area (Å²) in [6, 6.07) is 3.86. The number of amides is 1. The van der Waals surface area contributed by atoms with E-state index in [0.29, 0.717) is 24.8 Å². The smallest absolute Gasteiger partial charge is 0.216 e. The molecule has 0 saturated carbocycles. The molecule has 0 saturated heterocycles. The highest BCUT2D eigenvalue weighted by Crippen LogP contribution is 2.07. The molecule has 0 atom stereocenters. The molecule has 0 aromatic heterocycles. The summed E-state index contributed by atoms with van der Waals surface area (Å²) >= 11 is 0. The maximum Gasteiger partial charge on any atom is 0.216 e. The Bertz CT molecular complexity index is 486. The summed E-state index contributed by atoms with van der Waals surface area (Å²) in [5.41, 5.74) is 0.723. The van der Waals surface area contributed by atoms with Gasteiger partial charge in [0.25, 0.3) is 0 Å². The van der Waals surface area contributed by atoms with Crippen molar-refractivity contribution in [3.8, 4) is 11.8 Å². The SMILES string of the molecule is CC(=O)NCCC#Cc1ccc(F)cc1C=O. The molecule has 0 aliphatic heterocycles. The Labute approximate surface area is 99.0 Å². The Morgan fingerprint density at radius 1 is 1.53 bits per heavy atom. The van der Waals surface area contributed by atoms with Crippen LogP contribution >= 0.6 is 0 Å². The Balaban J connectivity index is 2.65. The van der Waals surface area contributed by atoms with Crippen LogP contribution in [0.1, 0.15) is 29.3 Å². The average molecular weight is 233 g/mol. The van der Waals surface area contributed by atoms with Gasteiger partial charge in [0.1, 0.15) is 5.82 Å². The van der Waals surface area contributed by atoms with Crippen molar-refractivity contribution < 1.29 is 14.0 Å². The van der Waals surface area contributed by atoms with E-state index in [0.717, 1.165) is 6.07 Å². The lowest BCUT2D eigenvalue weighted by Gasteiger charge is -1.97. The van der Waals surface area contributed by atoms with Gasteiger partial charge in [-0.1, -0.05) is 11.8 Å². The molecule has 0 heterocycles. The fraction of sp³-hybridized carbons (Fsp3) is 0.231. The molecule has 0 aliphatic rings. The molecule has 1 N–H and O–H groups in total. The van der Waals surface area contributed by atoms with Crippen LogP contribution in [0, 0.1) is 17.7 Å². The number of carbonyl (C=O) groups is 2. The predicted molar refractivity (Wildman–Crippen MR) is 62.0 cm³/mol. The van der Waals surface area contributed by atoms with E-state index in [2.05, 4.69) is 17.2 Å². The summed E-state index contributed by atoms with van der Waals surface area (Å²) in [6.07, 6.45) is 1.05. The second-order valence-electron chi connectivity index (χ2n) is 3.38. The first-order chi connectivity index (χ1) is 8.13. The van der Waals surface area contributed by atoms with E-state index in [4.69, 9.17) is 0 Å². The molecule has 4 heteroatoms. The number of carbonyl (C=O) groups excluding carboxylic acids is 2. The van der Waals surface area contributed by atoms with Crippen molar-refractivity contribution in [2.75, 3.05) is 6.54 Å². The van der Waals surface area contributed by atoms with Crippen molar-refractivity contribution in [2.24, 2.45) is 0 Å². The number of aldehydes is 1. The van der Waals surface area contributed by atoms with E-state index in [9.17, 15) is 14.0 Å². The molecule has 88 valence electrons. The van der Waals surface area contributed by atoms with E-state index in [1.807, 2.05) is 0 Å². The fourth-order valence-electron chi connectivity index (χ4n) is 1.20. The van der Waals surface area contributed by atoms with Gasteiger partial charge >= 0.3 is 0 Å². The van der Waals surface area contributed by atoms with Gasteiger partial charge in [0.05, 0.1) is 0 Å². The van der Waals surface area contributed by atoms with Crippen molar-refractivity contribution in [1.82, 2.24) is 5.32 Å². The van der Waals surface area contributed by atoms with Gasteiger partial charge in [-0.15, -0.1) is 0 Å². The quantitative estimate of drug-likeness (QED) is 0.488. The lowest BCUT2D eigenvalue weighted by Crippen LogP contribution is -2.20. The molecule has 17 heavy (non-hydrogen) atoms. The third-order valence-electron chi connectivity index (χ3n) is 1.99. The van der Waals surface area contributed by atoms with Crippen molar-refractivity contribution in [2.45, 2.75) is 13.3 Å². The zero-order chi connectivity index (χ0) is 12.7.